The third-order valence-corrected chi connectivity index (χ3v) is 1.95. The quantitative estimate of drug-likeness (QED) is 0.651. The van der Waals surface area contributed by atoms with E-state index in [1.54, 1.807) is 14.0 Å². The summed E-state index contributed by atoms with van der Waals surface area (Å²) < 4.78 is 0. The van der Waals surface area contributed by atoms with Gasteiger partial charge in [0.25, 0.3) is 0 Å². The predicted octanol–water partition coefficient (Wildman–Crippen LogP) is 0.402. The number of nitrogens with one attached hydrogen (secondary N) is 1. The molecule has 3 nitrogen and oxygen atoms in total. The van der Waals surface area contributed by atoms with E-state index in [1.165, 1.54) is 0 Å². The van der Waals surface area contributed by atoms with Crippen LogP contribution in [-0.4, -0.2) is 23.8 Å². The van der Waals surface area contributed by atoms with Gasteiger partial charge in [0.1, 0.15) is 0 Å². The largest absolute Gasteiger partial charge is 0.358 e. The standard InChI is InChI=1S/C6H11NO2S/c1-3-6(9)10-4-5(8)7-2/h3-4H2,1-2H3,(H,7,8). The number of thioether (sulfide) groups is 1. The Labute approximate surface area is 64.6 Å². The van der Waals surface area contributed by atoms with Gasteiger partial charge in [-0.3, -0.25) is 9.59 Å². The van der Waals surface area contributed by atoms with Crippen LogP contribution in [0.15, 0.2) is 0 Å². The molecule has 1 amide bonds. The van der Waals surface area contributed by atoms with Crippen LogP contribution in [-0.2, 0) is 9.59 Å². The van der Waals surface area contributed by atoms with Gasteiger partial charge in [-0.15, -0.1) is 0 Å². The van der Waals surface area contributed by atoms with Gasteiger partial charge in [0.05, 0.1) is 5.75 Å². The average Bonchev–Trinajstić information content (AvgIpc) is 1.99. The average molecular weight is 161 g/mol. The molecule has 0 radical (unpaired) electrons. The van der Waals surface area contributed by atoms with E-state index in [-0.39, 0.29) is 16.8 Å². The summed E-state index contributed by atoms with van der Waals surface area (Å²) in [7, 11) is 1.55. The monoisotopic (exact) mass is 161 g/mol. The molecule has 0 fully saturated rings. The van der Waals surface area contributed by atoms with Crippen LogP contribution in [0.25, 0.3) is 0 Å². The van der Waals surface area contributed by atoms with E-state index in [0.717, 1.165) is 11.8 Å². The van der Waals surface area contributed by atoms with E-state index in [2.05, 4.69) is 5.32 Å². The van der Waals surface area contributed by atoms with E-state index in [0.29, 0.717) is 6.42 Å². The van der Waals surface area contributed by atoms with Gasteiger partial charge in [0.15, 0.2) is 5.12 Å². The number of carbonyl (C=O) groups excluding carboxylic acids is 2. The molecular formula is C6H11NO2S. The number of rotatable bonds is 3. The van der Waals surface area contributed by atoms with Crippen molar-refractivity contribution in [2.24, 2.45) is 0 Å². The highest BCUT2D eigenvalue weighted by molar-refractivity contribution is 8.14. The fraction of sp³-hybridized carbons (Fsp3) is 0.667. The number of hydrogen-bond acceptors (Lipinski definition) is 3. The van der Waals surface area contributed by atoms with E-state index >= 15 is 0 Å². The lowest BCUT2D eigenvalue weighted by molar-refractivity contribution is -0.118. The van der Waals surface area contributed by atoms with Gasteiger partial charge in [-0.1, -0.05) is 18.7 Å². The molecule has 0 atom stereocenters. The Morgan fingerprint density at radius 2 is 2.10 bits per heavy atom. The molecule has 0 spiro atoms. The molecule has 0 aliphatic heterocycles. The van der Waals surface area contributed by atoms with E-state index < -0.39 is 0 Å². The Kier molecular flexibility index (Phi) is 5.02. The van der Waals surface area contributed by atoms with Crippen molar-refractivity contribution in [3.63, 3.8) is 0 Å². The zero-order chi connectivity index (χ0) is 7.98. The molecule has 0 aromatic rings. The molecule has 0 bridgehead atoms. The molecule has 0 saturated heterocycles. The van der Waals surface area contributed by atoms with Gasteiger partial charge < -0.3 is 5.32 Å². The zero-order valence-electron chi connectivity index (χ0n) is 6.14. The fourth-order valence-electron chi connectivity index (χ4n) is 0.320. The lowest BCUT2D eigenvalue weighted by Crippen LogP contribution is -2.20. The topological polar surface area (TPSA) is 46.2 Å². The Morgan fingerprint density at radius 1 is 1.50 bits per heavy atom. The van der Waals surface area contributed by atoms with Crippen LogP contribution in [0, 0.1) is 0 Å². The van der Waals surface area contributed by atoms with Gasteiger partial charge in [-0.05, 0) is 0 Å². The van der Waals surface area contributed by atoms with Crippen LogP contribution >= 0.6 is 11.8 Å². The minimum absolute atomic E-state index is 0.0589. The van der Waals surface area contributed by atoms with Crippen LogP contribution < -0.4 is 5.32 Å². The second kappa shape index (κ2) is 5.29. The molecule has 0 rings (SSSR count). The van der Waals surface area contributed by atoms with Crippen LogP contribution in [0.2, 0.25) is 0 Å². The summed E-state index contributed by atoms with van der Waals surface area (Å²) in [4.78, 5) is 21.2. The van der Waals surface area contributed by atoms with Crippen molar-refractivity contribution in [2.45, 2.75) is 13.3 Å². The first-order valence-electron chi connectivity index (χ1n) is 3.07. The number of hydrogen-bond donors (Lipinski definition) is 1. The molecular weight excluding hydrogens is 150 g/mol. The van der Waals surface area contributed by atoms with Crippen LogP contribution in [0.1, 0.15) is 13.3 Å². The molecule has 0 unspecified atom stereocenters. The maximum Gasteiger partial charge on any atom is 0.230 e. The molecule has 10 heavy (non-hydrogen) atoms. The molecule has 58 valence electrons. The number of carbonyl (C=O) groups is 2. The smallest absolute Gasteiger partial charge is 0.230 e. The van der Waals surface area contributed by atoms with Crippen molar-refractivity contribution in [3.05, 3.63) is 0 Å². The van der Waals surface area contributed by atoms with Crippen molar-refractivity contribution in [1.29, 1.82) is 0 Å². The first-order valence-corrected chi connectivity index (χ1v) is 4.05. The van der Waals surface area contributed by atoms with Crippen molar-refractivity contribution < 1.29 is 9.59 Å². The maximum atomic E-state index is 10.6. The summed E-state index contributed by atoms with van der Waals surface area (Å²) in [6, 6.07) is 0. The Balaban J connectivity index is 3.35. The zero-order valence-corrected chi connectivity index (χ0v) is 6.96. The number of amides is 1. The Hall–Kier alpha value is -0.510. The van der Waals surface area contributed by atoms with Crippen LogP contribution in [0.5, 0.6) is 0 Å². The molecule has 1 N–H and O–H groups in total. The van der Waals surface area contributed by atoms with Crippen molar-refractivity contribution in [1.82, 2.24) is 5.32 Å². The summed E-state index contributed by atoms with van der Waals surface area (Å²) in [6.07, 6.45) is 0.488. The highest BCUT2D eigenvalue weighted by Crippen LogP contribution is 2.03. The van der Waals surface area contributed by atoms with Gasteiger partial charge in [0.2, 0.25) is 5.91 Å². The van der Waals surface area contributed by atoms with Gasteiger partial charge in [-0.25, -0.2) is 0 Å². The third kappa shape index (κ3) is 4.38. The third-order valence-electron chi connectivity index (χ3n) is 0.932. The van der Waals surface area contributed by atoms with Crippen molar-refractivity contribution in [2.75, 3.05) is 12.8 Å². The van der Waals surface area contributed by atoms with Crippen molar-refractivity contribution >= 4 is 22.8 Å². The highest BCUT2D eigenvalue weighted by Gasteiger charge is 2.02. The molecule has 0 aromatic heterocycles. The first kappa shape index (κ1) is 9.49. The minimum atomic E-state index is -0.105. The second-order valence-corrected chi connectivity index (χ2v) is 2.72. The van der Waals surface area contributed by atoms with Gasteiger partial charge in [0, 0.05) is 13.5 Å². The summed E-state index contributed by atoms with van der Waals surface area (Å²) in [5.74, 6) is 0.134. The lowest BCUT2D eigenvalue weighted by Gasteiger charge is -1.95. The normalized spacial score (nSPS) is 9.00. The van der Waals surface area contributed by atoms with Gasteiger partial charge >= 0.3 is 0 Å². The van der Waals surface area contributed by atoms with E-state index in [1.807, 2.05) is 0 Å². The first-order chi connectivity index (χ1) is 4.70. The summed E-state index contributed by atoms with van der Waals surface area (Å²) in [6.45, 7) is 1.78. The molecule has 0 aromatic carbocycles. The Morgan fingerprint density at radius 3 is 2.50 bits per heavy atom. The lowest BCUT2D eigenvalue weighted by atomic mass is 10.6. The second-order valence-electron chi connectivity index (χ2n) is 1.69. The summed E-state index contributed by atoms with van der Waals surface area (Å²) >= 11 is 1.06. The summed E-state index contributed by atoms with van der Waals surface area (Å²) in [5, 5.41) is 2.49. The minimum Gasteiger partial charge on any atom is -0.358 e. The molecule has 0 aliphatic rings. The van der Waals surface area contributed by atoms with Crippen LogP contribution in [0.3, 0.4) is 0 Å². The Bertz CT molecular complexity index is 120. The van der Waals surface area contributed by atoms with Crippen molar-refractivity contribution in [3.8, 4) is 0 Å². The molecule has 0 heterocycles. The van der Waals surface area contributed by atoms with Crippen LogP contribution in [0.4, 0.5) is 0 Å². The van der Waals surface area contributed by atoms with E-state index in [9.17, 15) is 9.59 Å². The SMILES string of the molecule is CCC(=O)SCC(=O)NC. The predicted molar refractivity (Wildman–Crippen MR) is 41.8 cm³/mol. The summed E-state index contributed by atoms with van der Waals surface area (Å²) in [5.41, 5.74) is 0. The molecule has 0 saturated carbocycles. The van der Waals surface area contributed by atoms with E-state index in [4.69, 9.17) is 0 Å². The maximum absolute atomic E-state index is 10.6. The fourth-order valence-corrected chi connectivity index (χ4v) is 0.961. The highest BCUT2D eigenvalue weighted by atomic mass is 32.2. The van der Waals surface area contributed by atoms with Gasteiger partial charge in [-0.2, -0.15) is 0 Å². The molecule has 4 heteroatoms. The molecule has 0 aliphatic carbocycles.